The molecule has 2 saturated heterocycles. The second kappa shape index (κ2) is 11.6. The molecule has 34 heavy (non-hydrogen) atoms. The minimum Gasteiger partial charge on any atom is -0.497 e. The first-order chi connectivity index (χ1) is 16.6. The first-order valence-electron chi connectivity index (χ1n) is 11.9. The Morgan fingerprint density at radius 2 is 1.71 bits per heavy atom. The number of carbonyl (C=O) groups is 2. The van der Waals surface area contributed by atoms with Crippen LogP contribution in [0.1, 0.15) is 12.8 Å². The lowest BCUT2D eigenvalue weighted by molar-refractivity contribution is -0.126. The van der Waals surface area contributed by atoms with E-state index in [0.717, 1.165) is 55.5 Å². The molecule has 0 aliphatic carbocycles. The second-order valence-electron chi connectivity index (χ2n) is 8.77. The third-order valence-electron chi connectivity index (χ3n) is 6.64. The van der Waals surface area contributed by atoms with Gasteiger partial charge in [0.15, 0.2) is 0 Å². The second-order valence-corrected chi connectivity index (χ2v) is 9.65. The minimum atomic E-state index is -0.277. The summed E-state index contributed by atoms with van der Waals surface area (Å²) in [6.07, 6.45) is 3.22. The highest BCUT2D eigenvalue weighted by atomic mass is 32.2. The standard InChI is InChI=1S/C26H34N4O3S/c1-33-23-8-4-21(5-9-23)29-16-14-28(15-17-29)13-3-12-27-26(32)20-18-25(31)30(19-20)22-6-10-24(34-2)11-7-22/h4-11,20H,3,12-19H2,1-2H3,(H,27,32). The maximum absolute atomic E-state index is 12.6. The minimum absolute atomic E-state index is 0.0130. The number of nitrogens with zero attached hydrogens (tertiary/aromatic N) is 3. The fourth-order valence-corrected chi connectivity index (χ4v) is 4.98. The number of anilines is 2. The molecule has 2 fully saturated rings. The van der Waals surface area contributed by atoms with Crippen LogP contribution in [0.15, 0.2) is 53.4 Å². The smallest absolute Gasteiger partial charge is 0.227 e. The number of nitrogens with one attached hydrogen (secondary N) is 1. The SMILES string of the molecule is COc1ccc(N2CCN(CCCNC(=O)C3CC(=O)N(c4ccc(SC)cc4)C3)CC2)cc1. The molecule has 2 aromatic carbocycles. The molecule has 0 aromatic heterocycles. The molecule has 0 bridgehead atoms. The summed E-state index contributed by atoms with van der Waals surface area (Å²) in [6.45, 7) is 6.09. The lowest BCUT2D eigenvalue weighted by atomic mass is 10.1. The summed E-state index contributed by atoms with van der Waals surface area (Å²) in [4.78, 5) is 32.8. The molecule has 0 radical (unpaired) electrons. The highest BCUT2D eigenvalue weighted by Crippen LogP contribution is 2.27. The van der Waals surface area contributed by atoms with E-state index in [1.165, 1.54) is 5.69 Å². The Bertz CT molecular complexity index is 959. The molecule has 0 saturated carbocycles. The van der Waals surface area contributed by atoms with E-state index < -0.39 is 0 Å². The molecule has 2 amide bonds. The van der Waals surface area contributed by atoms with Gasteiger partial charge in [-0.1, -0.05) is 0 Å². The molecular formula is C26H34N4O3S. The lowest BCUT2D eigenvalue weighted by Crippen LogP contribution is -2.47. The van der Waals surface area contributed by atoms with Crippen LogP contribution in [0.4, 0.5) is 11.4 Å². The number of thioether (sulfide) groups is 1. The Morgan fingerprint density at radius 3 is 2.35 bits per heavy atom. The summed E-state index contributed by atoms with van der Waals surface area (Å²) in [5.41, 5.74) is 2.10. The number of carbonyl (C=O) groups excluding carboxylic acids is 2. The van der Waals surface area contributed by atoms with Crippen LogP contribution in [-0.4, -0.2) is 75.9 Å². The van der Waals surface area contributed by atoms with Gasteiger partial charge in [0.1, 0.15) is 5.75 Å². The fourth-order valence-electron chi connectivity index (χ4n) is 4.58. The van der Waals surface area contributed by atoms with E-state index in [0.29, 0.717) is 13.1 Å². The predicted molar refractivity (Wildman–Crippen MR) is 138 cm³/mol. The number of rotatable bonds is 9. The van der Waals surface area contributed by atoms with Crippen molar-refractivity contribution in [2.24, 2.45) is 5.92 Å². The van der Waals surface area contributed by atoms with Gasteiger partial charge in [0.2, 0.25) is 11.8 Å². The molecule has 2 aliphatic rings. The highest BCUT2D eigenvalue weighted by Gasteiger charge is 2.34. The van der Waals surface area contributed by atoms with Gasteiger partial charge in [-0.25, -0.2) is 0 Å². The van der Waals surface area contributed by atoms with Crippen molar-refractivity contribution in [2.45, 2.75) is 17.7 Å². The highest BCUT2D eigenvalue weighted by molar-refractivity contribution is 7.98. The van der Waals surface area contributed by atoms with Gasteiger partial charge in [-0.05, 0) is 67.8 Å². The monoisotopic (exact) mass is 482 g/mol. The zero-order valence-corrected chi connectivity index (χ0v) is 20.9. The summed E-state index contributed by atoms with van der Waals surface area (Å²) in [5, 5.41) is 3.05. The van der Waals surface area contributed by atoms with Crippen molar-refractivity contribution in [3.8, 4) is 5.75 Å². The van der Waals surface area contributed by atoms with Gasteiger partial charge in [-0.15, -0.1) is 11.8 Å². The Kier molecular flexibility index (Phi) is 8.34. The molecule has 2 aliphatic heterocycles. The van der Waals surface area contributed by atoms with Crippen LogP contribution < -0.4 is 19.9 Å². The van der Waals surface area contributed by atoms with Crippen molar-refractivity contribution in [2.75, 3.05) is 69.0 Å². The van der Waals surface area contributed by atoms with Gasteiger partial charge in [0.05, 0.1) is 13.0 Å². The number of benzene rings is 2. The molecule has 8 heteroatoms. The first kappa shape index (κ1) is 24.4. The lowest BCUT2D eigenvalue weighted by Gasteiger charge is -2.36. The number of hydrogen-bond acceptors (Lipinski definition) is 6. The Balaban J connectivity index is 1.14. The topological polar surface area (TPSA) is 65.1 Å². The Morgan fingerprint density at radius 1 is 1.03 bits per heavy atom. The van der Waals surface area contributed by atoms with Crippen molar-refractivity contribution in [3.05, 3.63) is 48.5 Å². The largest absolute Gasteiger partial charge is 0.497 e. The molecular weight excluding hydrogens is 448 g/mol. The average Bonchev–Trinajstić information content (AvgIpc) is 3.28. The van der Waals surface area contributed by atoms with Crippen LogP contribution in [0.25, 0.3) is 0 Å². The van der Waals surface area contributed by atoms with Crippen LogP contribution in [0.5, 0.6) is 5.75 Å². The summed E-state index contributed by atoms with van der Waals surface area (Å²) in [7, 11) is 1.68. The number of amides is 2. The summed E-state index contributed by atoms with van der Waals surface area (Å²) in [6, 6.07) is 16.2. The van der Waals surface area contributed by atoms with E-state index in [2.05, 4.69) is 27.2 Å². The van der Waals surface area contributed by atoms with E-state index in [1.807, 2.05) is 42.7 Å². The molecule has 4 rings (SSSR count). The van der Waals surface area contributed by atoms with E-state index in [-0.39, 0.29) is 24.2 Å². The van der Waals surface area contributed by atoms with Crippen LogP contribution in [0, 0.1) is 5.92 Å². The summed E-state index contributed by atoms with van der Waals surface area (Å²) in [5.74, 6) is 0.609. The van der Waals surface area contributed by atoms with Crippen molar-refractivity contribution < 1.29 is 14.3 Å². The van der Waals surface area contributed by atoms with E-state index in [4.69, 9.17) is 4.74 Å². The van der Waals surface area contributed by atoms with Crippen molar-refractivity contribution in [1.82, 2.24) is 10.2 Å². The number of hydrogen-bond donors (Lipinski definition) is 1. The Hall–Kier alpha value is -2.71. The van der Waals surface area contributed by atoms with Gasteiger partial charge in [0.25, 0.3) is 0 Å². The number of methoxy groups -OCH3 is 1. The normalized spacial score (nSPS) is 18.9. The predicted octanol–water partition coefficient (Wildman–Crippen LogP) is 3.10. The number of piperazine rings is 1. The quantitative estimate of drug-likeness (QED) is 0.438. The Labute approximate surface area is 206 Å². The summed E-state index contributed by atoms with van der Waals surface area (Å²) >= 11 is 1.67. The maximum Gasteiger partial charge on any atom is 0.227 e. The molecule has 1 N–H and O–H groups in total. The molecule has 2 aromatic rings. The van der Waals surface area contributed by atoms with Crippen LogP contribution in [0.3, 0.4) is 0 Å². The molecule has 1 atom stereocenters. The third-order valence-corrected chi connectivity index (χ3v) is 7.38. The molecule has 2 heterocycles. The van der Waals surface area contributed by atoms with Crippen LogP contribution >= 0.6 is 11.8 Å². The maximum atomic E-state index is 12.6. The number of ether oxygens (including phenoxy) is 1. The van der Waals surface area contributed by atoms with E-state index in [9.17, 15) is 9.59 Å². The van der Waals surface area contributed by atoms with Crippen LogP contribution in [0.2, 0.25) is 0 Å². The zero-order chi connectivity index (χ0) is 23.9. The van der Waals surface area contributed by atoms with Gasteiger partial charge in [-0.2, -0.15) is 0 Å². The van der Waals surface area contributed by atoms with Gasteiger partial charge in [-0.3, -0.25) is 14.5 Å². The third kappa shape index (κ3) is 6.04. The average molecular weight is 483 g/mol. The van der Waals surface area contributed by atoms with Crippen molar-refractivity contribution in [3.63, 3.8) is 0 Å². The van der Waals surface area contributed by atoms with Gasteiger partial charge in [0, 0.05) is 62.0 Å². The van der Waals surface area contributed by atoms with Gasteiger partial charge >= 0.3 is 0 Å². The van der Waals surface area contributed by atoms with E-state index in [1.54, 1.807) is 23.8 Å². The molecule has 7 nitrogen and oxygen atoms in total. The molecule has 1 unspecified atom stereocenters. The van der Waals surface area contributed by atoms with Crippen LogP contribution in [-0.2, 0) is 9.59 Å². The zero-order valence-electron chi connectivity index (χ0n) is 20.0. The first-order valence-corrected chi connectivity index (χ1v) is 13.1. The fraction of sp³-hybridized carbons (Fsp3) is 0.462. The summed E-state index contributed by atoms with van der Waals surface area (Å²) < 4.78 is 5.24. The van der Waals surface area contributed by atoms with Crippen molar-refractivity contribution >= 4 is 35.0 Å². The van der Waals surface area contributed by atoms with E-state index >= 15 is 0 Å². The molecule has 182 valence electrons. The van der Waals surface area contributed by atoms with Crippen molar-refractivity contribution in [1.29, 1.82) is 0 Å². The molecule has 0 spiro atoms. The van der Waals surface area contributed by atoms with Gasteiger partial charge < -0.3 is 19.9 Å².